The number of hydrogen-bond acceptors (Lipinski definition) is 7. The molecule has 0 saturated carbocycles. The van der Waals surface area contributed by atoms with Crippen LogP contribution in [0.5, 0.6) is 23.0 Å². The zero-order chi connectivity index (χ0) is 21.5. The van der Waals surface area contributed by atoms with Crippen molar-refractivity contribution in [3.05, 3.63) is 45.9 Å². The van der Waals surface area contributed by atoms with E-state index >= 15 is 0 Å². The number of fused-ring (bicyclic) bond motifs is 1. The topological polar surface area (TPSA) is 61.4 Å². The highest BCUT2D eigenvalue weighted by Crippen LogP contribution is 2.38. The van der Waals surface area contributed by atoms with Crippen LogP contribution >= 0.6 is 15.9 Å². The summed E-state index contributed by atoms with van der Waals surface area (Å²) in [5.74, 6) is 2.92. The quantitative estimate of drug-likeness (QED) is 0.508. The summed E-state index contributed by atoms with van der Waals surface area (Å²) in [6.45, 7) is 7.31. The van der Waals surface area contributed by atoms with Gasteiger partial charge in [-0.15, -0.1) is 0 Å². The van der Waals surface area contributed by atoms with E-state index in [1.165, 1.54) is 0 Å². The van der Waals surface area contributed by atoms with E-state index < -0.39 is 0 Å². The molecule has 1 saturated heterocycles. The minimum absolute atomic E-state index is 0.266. The Balaban J connectivity index is 1.28. The first-order valence-electron chi connectivity index (χ1n) is 10.6. The molecule has 2 heterocycles. The maximum atomic E-state index is 6.07. The molecule has 0 bridgehead atoms. The summed E-state index contributed by atoms with van der Waals surface area (Å²) in [5.41, 5.74) is 2.15. The molecule has 0 spiro atoms. The number of hydrogen-bond donors (Lipinski definition) is 1. The van der Waals surface area contributed by atoms with Crippen molar-refractivity contribution in [2.24, 2.45) is 0 Å². The lowest BCUT2D eigenvalue weighted by atomic mass is 10.2. The van der Waals surface area contributed by atoms with Crippen molar-refractivity contribution in [2.75, 3.05) is 53.3 Å². The Morgan fingerprint density at radius 1 is 1.06 bits per heavy atom. The lowest BCUT2D eigenvalue weighted by Crippen LogP contribution is -2.37. The monoisotopic (exact) mass is 492 g/mol. The fourth-order valence-corrected chi connectivity index (χ4v) is 4.29. The minimum Gasteiger partial charge on any atom is -0.493 e. The van der Waals surface area contributed by atoms with Gasteiger partial charge in [0.1, 0.15) is 6.61 Å². The van der Waals surface area contributed by atoms with Crippen molar-refractivity contribution >= 4 is 15.9 Å². The molecule has 0 radical (unpaired) electrons. The Kier molecular flexibility index (Phi) is 7.91. The maximum absolute atomic E-state index is 6.07. The van der Waals surface area contributed by atoms with Crippen LogP contribution in [0.15, 0.2) is 34.8 Å². The molecular formula is C23H29BrN2O5. The van der Waals surface area contributed by atoms with Gasteiger partial charge in [0.15, 0.2) is 23.0 Å². The van der Waals surface area contributed by atoms with E-state index in [1.54, 1.807) is 7.11 Å². The van der Waals surface area contributed by atoms with E-state index in [0.717, 1.165) is 79.5 Å². The van der Waals surface area contributed by atoms with Gasteiger partial charge in [0.05, 0.1) is 24.8 Å². The molecule has 2 aliphatic rings. The lowest BCUT2D eigenvalue weighted by Gasteiger charge is -2.26. The Bertz CT molecular complexity index is 873. The van der Waals surface area contributed by atoms with E-state index in [-0.39, 0.29) is 6.79 Å². The Morgan fingerprint density at radius 2 is 1.90 bits per heavy atom. The highest BCUT2D eigenvalue weighted by molar-refractivity contribution is 9.10. The lowest BCUT2D eigenvalue weighted by molar-refractivity contribution is 0.0374. The van der Waals surface area contributed by atoms with Crippen LogP contribution in [0.1, 0.15) is 17.5 Å². The number of nitrogens with zero attached hydrogens (tertiary/aromatic N) is 1. The van der Waals surface area contributed by atoms with Crippen LogP contribution in [0, 0.1) is 0 Å². The third-order valence-corrected chi connectivity index (χ3v) is 5.96. The number of halogens is 1. The highest BCUT2D eigenvalue weighted by Gasteiger charge is 2.16. The number of nitrogens with one attached hydrogen (secondary N) is 1. The molecule has 7 nitrogen and oxygen atoms in total. The van der Waals surface area contributed by atoms with E-state index in [0.29, 0.717) is 18.1 Å². The zero-order valence-corrected chi connectivity index (χ0v) is 19.4. The molecule has 2 aromatic rings. The third-order valence-electron chi connectivity index (χ3n) is 5.37. The largest absolute Gasteiger partial charge is 0.493 e. The molecular weight excluding hydrogens is 464 g/mol. The first kappa shape index (κ1) is 22.2. The van der Waals surface area contributed by atoms with Gasteiger partial charge in [-0.05, 0) is 70.8 Å². The molecule has 2 aromatic carbocycles. The van der Waals surface area contributed by atoms with Gasteiger partial charge in [-0.1, -0.05) is 6.07 Å². The molecule has 168 valence electrons. The molecule has 1 fully saturated rings. The SMILES string of the molecule is COc1cc(CNCCCN2CCOCC2)cc(Br)c1OCc1ccc2c(c1)OCO2. The van der Waals surface area contributed by atoms with Gasteiger partial charge in [0, 0.05) is 19.6 Å². The molecule has 0 unspecified atom stereocenters. The van der Waals surface area contributed by atoms with Crippen LogP contribution in [0.3, 0.4) is 0 Å². The minimum atomic E-state index is 0.266. The van der Waals surface area contributed by atoms with Gasteiger partial charge >= 0.3 is 0 Å². The first-order chi connectivity index (χ1) is 15.2. The zero-order valence-electron chi connectivity index (χ0n) is 17.8. The van der Waals surface area contributed by atoms with Crippen LogP contribution in [-0.2, 0) is 17.9 Å². The fraction of sp³-hybridized carbons (Fsp3) is 0.478. The fourth-order valence-electron chi connectivity index (χ4n) is 3.69. The van der Waals surface area contributed by atoms with E-state index in [4.69, 9.17) is 23.7 Å². The molecule has 0 atom stereocenters. The Morgan fingerprint density at radius 3 is 2.74 bits per heavy atom. The predicted octanol–water partition coefficient (Wildman–Crippen LogP) is 3.58. The number of benzene rings is 2. The summed E-state index contributed by atoms with van der Waals surface area (Å²) >= 11 is 3.64. The van der Waals surface area contributed by atoms with Gasteiger partial charge in [-0.3, -0.25) is 4.90 Å². The van der Waals surface area contributed by atoms with Crippen LogP contribution in [0.4, 0.5) is 0 Å². The van der Waals surface area contributed by atoms with Crippen molar-refractivity contribution in [3.63, 3.8) is 0 Å². The van der Waals surface area contributed by atoms with E-state index in [9.17, 15) is 0 Å². The van der Waals surface area contributed by atoms with Crippen molar-refractivity contribution in [1.82, 2.24) is 10.2 Å². The van der Waals surface area contributed by atoms with Crippen molar-refractivity contribution < 1.29 is 23.7 Å². The molecule has 0 aliphatic carbocycles. The molecule has 31 heavy (non-hydrogen) atoms. The molecule has 1 N–H and O–H groups in total. The van der Waals surface area contributed by atoms with Crippen molar-refractivity contribution in [1.29, 1.82) is 0 Å². The highest BCUT2D eigenvalue weighted by atomic mass is 79.9. The molecule has 4 rings (SSSR count). The van der Waals surface area contributed by atoms with Crippen molar-refractivity contribution in [2.45, 2.75) is 19.6 Å². The summed E-state index contributed by atoms with van der Waals surface area (Å²) in [7, 11) is 1.66. The summed E-state index contributed by atoms with van der Waals surface area (Å²) in [6.07, 6.45) is 1.12. The average Bonchev–Trinajstić information content (AvgIpc) is 3.26. The van der Waals surface area contributed by atoms with Crippen molar-refractivity contribution in [3.8, 4) is 23.0 Å². The molecule has 0 amide bonds. The molecule has 2 aliphatic heterocycles. The van der Waals surface area contributed by atoms with Gasteiger partial charge < -0.3 is 29.0 Å². The van der Waals surface area contributed by atoms with E-state index in [2.05, 4.69) is 32.2 Å². The van der Waals surface area contributed by atoms with Crippen LogP contribution in [-0.4, -0.2) is 58.2 Å². The van der Waals surface area contributed by atoms with E-state index in [1.807, 2.05) is 24.3 Å². The standard InChI is InChI=1S/C23H29BrN2O5/c1-27-22-13-18(14-25-5-2-6-26-7-9-28-10-8-26)11-19(24)23(22)29-15-17-3-4-20-21(12-17)31-16-30-20/h3-4,11-13,25H,2,5-10,14-16H2,1H3. The van der Waals surface area contributed by atoms with Gasteiger partial charge in [0.25, 0.3) is 0 Å². The summed E-state index contributed by atoms with van der Waals surface area (Å²) < 4.78 is 28.7. The average molecular weight is 493 g/mol. The Hall–Kier alpha value is -2.00. The Labute approximate surface area is 191 Å². The summed E-state index contributed by atoms with van der Waals surface area (Å²) in [6, 6.07) is 9.92. The third kappa shape index (κ3) is 6.04. The van der Waals surface area contributed by atoms with Crippen LogP contribution < -0.4 is 24.3 Å². The van der Waals surface area contributed by atoms with Gasteiger partial charge in [-0.25, -0.2) is 0 Å². The summed E-state index contributed by atoms with van der Waals surface area (Å²) in [4.78, 5) is 2.46. The van der Waals surface area contributed by atoms with Crippen LogP contribution in [0.2, 0.25) is 0 Å². The second-order valence-electron chi connectivity index (χ2n) is 7.57. The molecule has 8 heteroatoms. The molecule has 0 aromatic heterocycles. The second-order valence-corrected chi connectivity index (χ2v) is 8.42. The van der Waals surface area contributed by atoms with Crippen LogP contribution in [0.25, 0.3) is 0 Å². The predicted molar refractivity (Wildman–Crippen MR) is 121 cm³/mol. The normalized spacial score (nSPS) is 15.8. The second kappa shape index (κ2) is 11.0. The smallest absolute Gasteiger partial charge is 0.231 e. The number of rotatable bonds is 10. The van der Waals surface area contributed by atoms with Gasteiger partial charge in [-0.2, -0.15) is 0 Å². The maximum Gasteiger partial charge on any atom is 0.231 e. The number of methoxy groups -OCH3 is 1. The van der Waals surface area contributed by atoms with Gasteiger partial charge in [0.2, 0.25) is 6.79 Å². The number of ether oxygens (including phenoxy) is 5. The summed E-state index contributed by atoms with van der Waals surface area (Å²) in [5, 5.41) is 3.52. The first-order valence-corrected chi connectivity index (χ1v) is 11.4. The number of morpholine rings is 1.